The summed E-state index contributed by atoms with van der Waals surface area (Å²) in [6.07, 6.45) is 18.2. The summed E-state index contributed by atoms with van der Waals surface area (Å²) in [7, 11) is 0. The number of nitrogens with zero attached hydrogens (tertiary/aromatic N) is 1. The Morgan fingerprint density at radius 1 is 1.00 bits per heavy atom. The van der Waals surface area contributed by atoms with Gasteiger partial charge in [-0.2, -0.15) is 0 Å². The van der Waals surface area contributed by atoms with Gasteiger partial charge in [0.1, 0.15) is 0 Å². The molecule has 0 aromatic heterocycles. The Labute approximate surface area is 187 Å². The minimum absolute atomic E-state index is 0.614. The average molecular weight is 421 g/mol. The number of piperidine rings is 1. The smallest absolute Gasteiger partial charge is 0.0480 e. The second-order valence-corrected chi connectivity index (χ2v) is 10.3. The standard InChI is InChI=1S/C26H52N4/c1-4-8-23(6-3)12-15-26(14-5-2)16-20-30(21-17-26)22-28-19-13-24(27)9-7-18-29-25-10-11-25/h23,25,27-29H,4-22H2,1-3H3. The molecule has 0 spiro atoms. The van der Waals surface area contributed by atoms with Crippen LogP contribution in [-0.2, 0) is 0 Å². The highest BCUT2D eigenvalue weighted by molar-refractivity contribution is 5.81. The quantitative estimate of drug-likeness (QED) is 0.189. The van der Waals surface area contributed by atoms with E-state index in [2.05, 4.69) is 36.3 Å². The summed E-state index contributed by atoms with van der Waals surface area (Å²) in [5.41, 5.74) is 1.53. The minimum Gasteiger partial charge on any atom is -0.314 e. The van der Waals surface area contributed by atoms with Crippen LogP contribution in [0.2, 0.25) is 0 Å². The normalized spacial score (nSPS) is 20.4. The fourth-order valence-electron chi connectivity index (χ4n) is 5.31. The fourth-order valence-corrected chi connectivity index (χ4v) is 5.31. The first-order valence-electron chi connectivity index (χ1n) is 13.3. The van der Waals surface area contributed by atoms with Crippen molar-refractivity contribution in [1.29, 1.82) is 5.41 Å². The van der Waals surface area contributed by atoms with Crippen LogP contribution in [-0.4, -0.2) is 49.5 Å². The topological polar surface area (TPSA) is 51.2 Å². The zero-order valence-electron chi connectivity index (χ0n) is 20.5. The third-order valence-electron chi connectivity index (χ3n) is 7.66. The number of likely N-dealkylation sites (tertiary alicyclic amines) is 1. The molecule has 2 aliphatic rings. The molecular formula is C26H52N4. The highest BCUT2D eigenvalue weighted by atomic mass is 15.2. The Kier molecular flexibility index (Phi) is 12.5. The highest BCUT2D eigenvalue weighted by Crippen LogP contribution is 2.41. The summed E-state index contributed by atoms with van der Waals surface area (Å²) in [6, 6.07) is 0.797. The van der Waals surface area contributed by atoms with Crippen LogP contribution in [0.3, 0.4) is 0 Å². The molecule has 1 aliphatic heterocycles. The van der Waals surface area contributed by atoms with E-state index in [-0.39, 0.29) is 0 Å². The molecule has 0 aromatic carbocycles. The summed E-state index contributed by atoms with van der Waals surface area (Å²) >= 11 is 0. The molecule has 3 N–H and O–H groups in total. The van der Waals surface area contributed by atoms with Crippen LogP contribution in [0.1, 0.15) is 111 Å². The van der Waals surface area contributed by atoms with Crippen molar-refractivity contribution in [3.8, 4) is 0 Å². The van der Waals surface area contributed by atoms with E-state index in [1.165, 1.54) is 83.7 Å². The van der Waals surface area contributed by atoms with Crippen molar-refractivity contribution in [3.05, 3.63) is 0 Å². The lowest BCUT2D eigenvalue weighted by Gasteiger charge is -2.43. The molecule has 1 atom stereocenters. The average Bonchev–Trinajstić information content (AvgIpc) is 3.58. The summed E-state index contributed by atoms with van der Waals surface area (Å²) in [6.45, 7) is 12.6. The molecule has 4 nitrogen and oxygen atoms in total. The van der Waals surface area contributed by atoms with E-state index in [9.17, 15) is 0 Å². The van der Waals surface area contributed by atoms with Crippen molar-refractivity contribution >= 4 is 5.71 Å². The van der Waals surface area contributed by atoms with E-state index in [0.717, 1.165) is 56.7 Å². The minimum atomic E-state index is 0.614. The van der Waals surface area contributed by atoms with Crippen molar-refractivity contribution in [1.82, 2.24) is 15.5 Å². The molecule has 0 amide bonds. The first kappa shape index (κ1) is 25.8. The van der Waals surface area contributed by atoms with E-state index in [0.29, 0.717) is 5.41 Å². The molecule has 0 aromatic rings. The molecule has 1 saturated carbocycles. The largest absolute Gasteiger partial charge is 0.314 e. The maximum absolute atomic E-state index is 8.16. The zero-order chi connectivity index (χ0) is 21.7. The predicted octanol–water partition coefficient (Wildman–Crippen LogP) is 5.96. The number of hydrogen-bond donors (Lipinski definition) is 3. The van der Waals surface area contributed by atoms with Gasteiger partial charge in [0.05, 0.1) is 0 Å². The molecule has 1 saturated heterocycles. The van der Waals surface area contributed by atoms with Gasteiger partial charge in [-0.1, -0.05) is 46.5 Å². The molecule has 176 valence electrons. The lowest BCUT2D eigenvalue weighted by molar-refractivity contribution is 0.0742. The van der Waals surface area contributed by atoms with Gasteiger partial charge >= 0.3 is 0 Å². The van der Waals surface area contributed by atoms with Crippen LogP contribution < -0.4 is 10.6 Å². The van der Waals surface area contributed by atoms with Crippen molar-refractivity contribution in [2.24, 2.45) is 11.3 Å². The van der Waals surface area contributed by atoms with Crippen LogP contribution in [0, 0.1) is 16.7 Å². The maximum Gasteiger partial charge on any atom is 0.0480 e. The number of hydrogen-bond acceptors (Lipinski definition) is 4. The van der Waals surface area contributed by atoms with E-state index in [1.54, 1.807) is 0 Å². The fraction of sp³-hybridized carbons (Fsp3) is 0.962. The van der Waals surface area contributed by atoms with Gasteiger partial charge in [0.25, 0.3) is 0 Å². The Bertz CT molecular complexity index is 452. The Morgan fingerprint density at radius 3 is 2.40 bits per heavy atom. The SMILES string of the molecule is CCCC(CC)CCC1(CCC)CCN(CNCCC(=N)CCCNC2CC2)CC1. The molecule has 1 aliphatic carbocycles. The van der Waals surface area contributed by atoms with Crippen LogP contribution in [0.5, 0.6) is 0 Å². The van der Waals surface area contributed by atoms with Gasteiger partial charge in [-0.25, -0.2) is 0 Å². The first-order valence-corrected chi connectivity index (χ1v) is 13.3. The Balaban J connectivity index is 1.56. The molecule has 0 bridgehead atoms. The summed E-state index contributed by atoms with van der Waals surface area (Å²) in [4.78, 5) is 2.61. The van der Waals surface area contributed by atoms with Gasteiger partial charge in [-0.15, -0.1) is 0 Å². The van der Waals surface area contributed by atoms with Crippen LogP contribution in [0.25, 0.3) is 0 Å². The maximum atomic E-state index is 8.16. The van der Waals surface area contributed by atoms with Gasteiger partial charge in [0, 0.05) is 25.0 Å². The molecule has 1 heterocycles. The summed E-state index contributed by atoms with van der Waals surface area (Å²) in [5, 5.41) is 15.3. The highest BCUT2D eigenvalue weighted by Gasteiger charge is 2.33. The van der Waals surface area contributed by atoms with Crippen LogP contribution in [0.4, 0.5) is 0 Å². The summed E-state index contributed by atoms with van der Waals surface area (Å²) in [5.74, 6) is 0.947. The lowest BCUT2D eigenvalue weighted by atomic mass is 9.70. The number of rotatable bonds is 18. The molecule has 0 radical (unpaired) electrons. The molecular weight excluding hydrogens is 368 g/mol. The number of nitrogens with one attached hydrogen (secondary N) is 3. The van der Waals surface area contributed by atoms with Gasteiger partial charge in [-0.3, -0.25) is 4.90 Å². The Morgan fingerprint density at radius 2 is 1.77 bits per heavy atom. The van der Waals surface area contributed by atoms with Crippen molar-refractivity contribution in [2.45, 2.75) is 117 Å². The van der Waals surface area contributed by atoms with E-state index >= 15 is 0 Å². The van der Waals surface area contributed by atoms with Gasteiger partial charge in [0.15, 0.2) is 0 Å². The van der Waals surface area contributed by atoms with Crippen molar-refractivity contribution in [3.63, 3.8) is 0 Å². The Hall–Kier alpha value is -0.450. The summed E-state index contributed by atoms with van der Waals surface area (Å²) < 4.78 is 0. The van der Waals surface area contributed by atoms with Gasteiger partial charge in [0.2, 0.25) is 0 Å². The third kappa shape index (κ3) is 10.2. The molecule has 2 rings (SSSR count). The van der Waals surface area contributed by atoms with E-state index in [1.807, 2.05) is 0 Å². The second kappa shape index (κ2) is 14.6. The van der Waals surface area contributed by atoms with E-state index < -0.39 is 0 Å². The molecule has 4 heteroatoms. The predicted molar refractivity (Wildman–Crippen MR) is 132 cm³/mol. The molecule has 2 fully saturated rings. The first-order chi connectivity index (χ1) is 14.6. The van der Waals surface area contributed by atoms with Crippen LogP contribution >= 0.6 is 0 Å². The second-order valence-electron chi connectivity index (χ2n) is 10.3. The van der Waals surface area contributed by atoms with E-state index in [4.69, 9.17) is 5.41 Å². The van der Waals surface area contributed by atoms with Crippen molar-refractivity contribution in [2.75, 3.05) is 32.8 Å². The van der Waals surface area contributed by atoms with Gasteiger partial charge < -0.3 is 16.0 Å². The van der Waals surface area contributed by atoms with Crippen LogP contribution in [0.15, 0.2) is 0 Å². The third-order valence-corrected chi connectivity index (χ3v) is 7.66. The molecule has 1 unspecified atom stereocenters. The van der Waals surface area contributed by atoms with Crippen molar-refractivity contribution < 1.29 is 0 Å². The monoisotopic (exact) mass is 420 g/mol. The molecule has 30 heavy (non-hydrogen) atoms. The lowest BCUT2D eigenvalue weighted by Crippen LogP contribution is -2.44. The zero-order valence-corrected chi connectivity index (χ0v) is 20.5. The van der Waals surface area contributed by atoms with Gasteiger partial charge in [-0.05, 0) is 95.2 Å².